The van der Waals surface area contributed by atoms with Crippen molar-refractivity contribution in [2.75, 3.05) is 34.5 Å². The van der Waals surface area contributed by atoms with Crippen LogP contribution in [0, 0.1) is 0 Å². The maximum atomic E-state index is 12.2. The highest BCUT2D eigenvalue weighted by atomic mass is 79.9. The number of nitrogens with one attached hydrogen (secondary N) is 1. The summed E-state index contributed by atoms with van der Waals surface area (Å²) in [7, 11) is 4.70. The molecule has 1 aromatic carbocycles. The first kappa shape index (κ1) is 16.8. The molecule has 0 spiro atoms. The van der Waals surface area contributed by atoms with Gasteiger partial charge >= 0.3 is 0 Å². The van der Waals surface area contributed by atoms with Crippen molar-refractivity contribution in [3.63, 3.8) is 0 Å². The topological polar surface area (TPSA) is 56.8 Å². The average molecular weight is 346 g/mol. The van der Waals surface area contributed by atoms with E-state index in [0.717, 1.165) is 6.42 Å². The summed E-state index contributed by atoms with van der Waals surface area (Å²) in [6.45, 7) is 1.15. The van der Waals surface area contributed by atoms with Crippen molar-refractivity contribution in [1.29, 1.82) is 0 Å². The SMILES string of the molecule is COCC(Br)CCNC(=O)c1c(OC)cccc1OC. The minimum Gasteiger partial charge on any atom is -0.496 e. The van der Waals surface area contributed by atoms with Gasteiger partial charge in [0.15, 0.2) is 0 Å². The number of benzene rings is 1. The van der Waals surface area contributed by atoms with Crippen LogP contribution in [0.3, 0.4) is 0 Å². The van der Waals surface area contributed by atoms with Gasteiger partial charge in [-0.15, -0.1) is 0 Å². The normalized spacial score (nSPS) is 11.8. The fraction of sp³-hybridized carbons (Fsp3) is 0.500. The Morgan fingerprint density at radius 2 is 1.85 bits per heavy atom. The molecule has 1 rings (SSSR count). The predicted octanol–water partition coefficient (Wildman–Crippen LogP) is 2.23. The first-order chi connectivity index (χ1) is 9.63. The lowest BCUT2D eigenvalue weighted by molar-refractivity contribution is 0.0945. The van der Waals surface area contributed by atoms with Crippen molar-refractivity contribution in [1.82, 2.24) is 5.32 Å². The van der Waals surface area contributed by atoms with E-state index in [1.807, 2.05) is 0 Å². The first-order valence-corrected chi connectivity index (χ1v) is 7.17. The summed E-state index contributed by atoms with van der Waals surface area (Å²) in [5.41, 5.74) is 0.412. The van der Waals surface area contributed by atoms with Gasteiger partial charge in [-0.3, -0.25) is 4.79 Å². The van der Waals surface area contributed by atoms with Crippen LogP contribution in [0.1, 0.15) is 16.8 Å². The monoisotopic (exact) mass is 345 g/mol. The van der Waals surface area contributed by atoms with Crippen LogP contribution in [0.15, 0.2) is 18.2 Å². The number of hydrogen-bond acceptors (Lipinski definition) is 4. The molecule has 6 heteroatoms. The number of alkyl halides is 1. The summed E-state index contributed by atoms with van der Waals surface area (Å²) in [6.07, 6.45) is 0.775. The molecule has 0 radical (unpaired) electrons. The summed E-state index contributed by atoms with van der Waals surface area (Å²) >= 11 is 3.48. The second-order valence-corrected chi connectivity index (χ2v) is 5.43. The summed E-state index contributed by atoms with van der Waals surface area (Å²) in [5.74, 6) is 0.777. The standard InChI is InChI=1S/C14H20BrNO4/c1-18-9-10(15)7-8-16-14(17)13-11(19-2)5-4-6-12(13)20-3/h4-6,10H,7-9H2,1-3H3,(H,16,17). The van der Waals surface area contributed by atoms with Crippen molar-refractivity contribution in [3.8, 4) is 11.5 Å². The Hall–Kier alpha value is -1.27. The molecule has 0 bridgehead atoms. The predicted molar refractivity (Wildman–Crippen MR) is 81.1 cm³/mol. The molecule has 1 amide bonds. The Bertz CT molecular complexity index is 417. The Labute approximate surface area is 127 Å². The maximum Gasteiger partial charge on any atom is 0.258 e. The van der Waals surface area contributed by atoms with Gasteiger partial charge in [-0.1, -0.05) is 22.0 Å². The average Bonchev–Trinajstić information content (AvgIpc) is 2.46. The third-order valence-corrected chi connectivity index (χ3v) is 3.47. The molecule has 0 fully saturated rings. The van der Waals surface area contributed by atoms with Gasteiger partial charge in [-0.25, -0.2) is 0 Å². The number of hydrogen-bond donors (Lipinski definition) is 1. The largest absolute Gasteiger partial charge is 0.496 e. The number of rotatable bonds is 8. The molecular formula is C14H20BrNO4. The van der Waals surface area contributed by atoms with Gasteiger partial charge < -0.3 is 19.5 Å². The molecule has 0 heterocycles. The van der Waals surface area contributed by atoms with E-state index in [2.05, 4.69) is 21.2 Å². The minimum atomic E-state index is -0.212. The number of halogens is 1. The zero-order valence-corrected chi connectivity index (χ0v) is 13.5. The number of ether oxygens (including phenoxy) is 3. The highest BCUT2D eigenvalue weighted by molar-refractivity contribution is 9.09. The Morgan fingerprint density at radius 1 is 1.25 bits per heavy atom. The molecule has 1 atom stereocenters. The molecule has 1 aromatic rings. The zero-order chi connectivity index (χ0) is 15.0. The van der Waals surface area contributed by atoms with Crippen LogP contribution in [-0.4, -0.2) is 45.2 Å². The molecule has 0 aromatic heterocycles. The molecule has 1 N–H and O–H groups in total. The van der Waals surface area contributed by atoms with Crippen LogP contribution in [0.25, 0.3) is 0 Å². The van der Waals surface area contributed by atoms with E-state index in [1.165, 1.54) is 14.2 Å². The van der Waals surface area contributed by atoms with Crippen LogP contribution in [-0.2, 0) is 4.74 Å². The Balaban J connectivity index is 2.67. The highest BCUT2D eigenvalue weighted by Crippen LogP contribution is 2.27. The molecule has 20 heavy (non-hydrogen) atoms. The van der Waals surface area contributed by atoms with Crippen molar-refractivity contribution >= 4 is 21.8 Å². The summed E-state index contributed by atoms with van der Waals surface area (Å²) < 4.78 is 15.4. The second-order valence-electron chi connectivity index (χ2n) is 4.13. The zero-order valence-electron chi connectivity index (χ0n) is 11.9. The van der Waals surface area contributed by atoms with Crippen LogP contribution in [0.4, 0.5) is 0 Å². The Kier molecular flexibility index (Phi) is 7.40. The molecule has 0 aliphatic heterocycles. The summed E-state index contributed by atoms with van der Waals surface area (Å²) in [6, 6.07) is 5.24. The lowest BCUT2D eigenvalue weighted by Crippen LogP contribution is -2.27. The van der Waals surface area contributed by atoms with Gasteiger partial charge in [0.25, 0.3) is 5.91 Å². The number of carbonyl (C=O) groups excluding carboxylic acids is 1. The molecule has 0 saturated carbocycles. The third kappa shape index (κ3) is 4.68. The van der Waals surface area contributed by atoms with E-state index in [4.69, 9.17) is 14.2 Å². The van der Waals surface area contributed by atoms with Crippen molar-refractivity contribution in [2.24, 2.45) is 0 Å². The highest BCUT2D eigenvalue weighted by Gasteiger charge is 2.17. The number of amides is 1. The molecular weight excluding hydrogens is 326 g/mol. The van der Waals surface area contributed by atoms with Crippen molar-refractivity contribution in [2.45, 2.75) is 11.2 Å². The van der Waals surface area contributed by atoms with Crippen LogP contribution in [0.2, 0.25) is 0 Å². The van der Waals surface area contributed by atoms with E-state index < -0.39 is 0 Å². The van der Waals surface area contributed by atoms with Gasteiger partial charge in [-0.2, -0.15) is 0 Å². The molecule has 112 valence electrons. The lowest BCUT2D eigenvalue weighted by Gasteiger charge is -2.14. The number of carbonyl (C=O) groups is 1. The van der Waals surface area contributed by atoms with Crippen molar-refractivity contribution in [3.05, 3.63) is 23.8 Å². The van der Waals surface area contributed by atoms with E-state index in [1.54, 1.807) is 25.3 Å². The fourth-order valence-electron chi connectivity index (χ4n) is 1.77. The maximum absolute atomic E-state index is 12.2. The smallest absolute Gasteiger partial charge is 0.258 e. The molecule has 0 aliphatic rings. The van der Waals surface area contributed by atoms with Crippen molar-refractivity contribution < 1.29 is 19.0 Å². The van der Waals surface area contributed by atoms with Crippen LogP contribution >= 0.6 is 15.9 Å². The fourth-order valence-corrected chi connectivity index (χ4v) is 2.26. The summed E-state index contributed by atoms with van der Waals surface area (Å²) in [5, 5.41) is 2.85. The van der Waals surface area contributed by atoms with E-state index in [9.17, 15) is 4.79 Å². The number of methoxy groups -OCH3 is 3. The van der Waals surface area contributed by atoms with Gasteiger partial charge in [0, 0.05) is 18.5 Å². The minimum absolute atomic E-state index is 0.212. The first-order valence-electron chi connectivity index (χ1n) is 6.26. The molecule has 0 saturated heterocycles. The van der Waals surface area contributed by atoms with Gasteiger partial charge in [-0.05, 0) is 18.6 Å². The van der Waals surface area contributed by atoms with Crippen LogP contribution < -0.4 is 14.8 Å². The third-order valence-electron chi connectivity index (χ3n) is 2.75. The second kappa shape index (κ2) is 8.81. The lowest BCUT2D eigenvalue weighted by atomic mass is 10.1. The summed E-state index contributed by atoms with van der Waals surface area (Å²) in [4.78, 5) is 12.4. The van der Waals surface area contributed by atoms with E-state index >= 15 is 0 Å². The molecule has 1 unspecified atom stereocenters. The van der Waals surface area contributed by atoms with Gasteiger partial charge in [0.1, 0.15) is 17.1 Å². The van der Waals surface area contributed by atoms with E-state index in [0.29, 0.717) is 30.2 Å². The van der Waals surface area contributed by atoms with Gasteiger partial charge in [0.2, 0.25) is 0 Å². The van der Waals surface area contributed by atoms with E-state index in [-0.39, 0.29) is 10.7 Å². The van der Waals surface area contributed by atoms with Gasteiger partial charge in [0.05, 0.1) is 20.8 Å². The Morgan fingerprint density at radius 3 is 2.35 bits per heavy atom. The molecule has 0 aliphatic carbocycles. The molecule has 5 nitrogen and oxygen atoms in total. The van der Waals surface area contributed by atoms with Crippen LogP contribution in [0.5, 0.6) is 11.5 Å². The quantitative estimate of drug-likeness (QED) is 0.734.